The number of ether oxygens (including phenoxy) is 1. The molecule has 2 aromatic carbocycles. The predicted molar refractivity (Wildman–Crippen MR) is 76.3 cm³/mol. The van der Waals surface area contributed by atoms with Gasteiger partial charge in [0.1, 0.15) is 12.4 Å². The second-order valence-corrected chi connectivity index (χ2v) is 4.30. The second kappa shape index (κ2) is 6.27. The highest BCUT2D eigenvalue weighted by atomic mass is 35.5. The van der Waals surface area contributed by atoms with Gasteiger partial charge in [0.15, 0.2) is 0 Å². The Morgan fingerprint density at radius 1 is 1.00 bits per heavy atom. The number of rotatable bonds is 5. The number of benzene rings is 2. The molecule has 2 rings (SSSR count). The number of hydrogen-bond acceptors (Lipinski definition) is 1. The van der Waals surface area contributed by atoms with Crippen LogP contribution in [0.5, 0.6) is 0 Å². The van der Waals surface area contributed by atoms with Crippen molar-refractivity contribution < 1.29 is 4.74 Å². The summed E-state index contributed by atoms with van der Waals surface area (Å²) >= 11 is 5.81. The van der Waals surface area contributed by atoms with Gasteiger partial charge in [-0.25, -0.2) is 0 Å². The van der Waals surface area contributed by atoms with Crippen LogP contribution in [0.2, 0.25) is 0 Å². The Hall–Kier alpha value is -1.73. The van der Waals surface area contributed by atoms with E-state index < -0.39 is 0 Å². The first-order chi connectivity index (χ1) is 8.79. The minimum atomic E-state index is 0.500. The summed E-state index contributed by atoms with van der Waals surface area (Å²) in [5.74, 6) is 1.17. The molecule has 92 valence electrons. The first-order valence-corrected chi connectivity index (χ1v) is 6.34. The van der Waals surface area contributed by atoms with E-state index >= 15 is 0 Å². The zero-order chi connectivity index (χ0) is 12.8. The number of halogens is 1. The normalized spacial score (nSPS) is 10.1. The second-order valence-electron chi connectivity index (χ2n) is 4.03. The van der Waals surface area contributed by atoms with E-state index in [1.165, 1.54) is 0 Å². The van der Waals surface area contributed by atoms with Crippen LogP contribution in [0.4, 0.5) is 0 Å². The summed E-state index contributed by atoms with van der Waals surface area (Å²) in [6.45, 7) is 4.48. The zero-order valence-electron chi connectivity index (χ0n) is 10.1. The van der Waals surface area contributed by atoms with Crippen LogP contribution in [0.1, 0.15) is 16.7 Å². The van der Waals surface area contributed by atoms with Crippen LogP contribution in [-0.4, -0.2) is 0 Å². The minimum Gasteiger partial charge on any atom is -0.489 e. The SMILES string of the molecule is C=C(OCc1ccccc1)c1cccc(CCl)c1. The number of hydrogen-bond donors (Lipinski definition) is 0. The molecule has 0 amide bonds. The Labute approximate surface area is 113 Å². The van der Waals surface area contributed by atoms with Gasteiger partial charge in [-0.05, 0) is 17.2 Å². The van der Waals surface area contributed by atoms with Crippen LogP contribution in [-0.2, 0) is 17.2 Å². The van der Waals surface area contributed by atoms with Crippen LogP contribution in [0, 0.1) is 0 Å². The van der Waals surface area contributed by atoms with Crippen molar-refractivity contribution in [2.75, 3.05) is 0 Å². The largest absolute Gasteiger partial charge is 0.489 e. The molecule has 0 atom stereocenters. The Morgan fingerprint density at radius 2 is 1.72 bits per heavy atom. The maximum Gasteiger partial charge on any atom is 0.119 e. The standard InChI is InChI=1S/C16H15ClO/c1-13(16-9-5-8-15(10-16)11-17)18-12-14-6-3-2-4-7-14/h2-10H,1,11-12H2. The van der Waals surface area contributed by atoms with Crippen molar-refractivity contribution in [3.8, 4) is 0 Å². The van der Waals surface area contributed by atoms with Crippen molar-refractivity contribution in [1.29, 1.82) is 0 Å². The molecule has 0 saturated carbocycles. The zero-order valence-corrected chi connectivity index (χ0v) is 10.9. The summed E-state index contributed by atoms with van der Waals surface area (Å²) in [6.07, 6.45) is 0. The van der Waals surface area contributed by atoms with Crippen molar-refractivity contribution >= 4 is 17.4 Å². The monoisotopic (exact) mass is 258 g/mol. The van der Waals surface area contributed by atoms with Gasteiger partial charge in [-0.3, -0.25) is 0 Å². The topological polar surface area (TPSA) is 9.23 Å². The predicted octanol–water partition coefficient (Wildman–Crippen LogP) is 4.61. The summed E-state index contributed by atoms with van der Waals surface area (Å²) in [4.78, 5) is 0. The lowest BCUT2D eigenvalue weighted by molar-refractivity contribution is 0.265. The van der Waals surface area contributed by atoms with E-state index in [0.29, 0.717) is 18.2 Å². The fraction of sp³-hybridized carbons (Fsp3) is 0.125. The minimum absolute atomic E-state index is 0.500. The molecule has 0 aliphatic heterocycles. The fourth-order valence-electron chi connectivity index (χ4n) is 1.66. The van der Waals surface area contributed by atoms with E-state index in [1.54, 1.807) is 0 Å². The molecular weight excluding hydrogens is 244 g/mol. The summed E-state index contributed by atoms with van der Waals surface area (Å²) in [6, 6.07) is 18.0. The lowest BCUT2D eigenvalue weighted by Gasteiger charge is -2.10. The van der Waals surface area contributed by atoms with Gasteiger partial charge in [0.05, 0.1) is 0 Å². The molecule has 1 nitrogen and oxygen atoms in total. The molecule has 2 aromatic rings. The fourth-order valence-corrected chi connectivity index (χ4v) is 1.82. The van der Waals surface area contributed by atoms with Gasteiger partial charge >= 0.3 is 0 Å². The third kappa shape index (κ3) is 3.38. The number of alkyl halides is 1. The molecule has 0 N–H and O–H groups in total. The average Bonchev–Trinajstić information content (AvgIpc) is 2.46. The maximum absolute atomic E-state index is 5.81. The molecule has 0 saturated heterocycles. The smallest absolute Gasteiger partial charge is 0.119 e. The Kier molecular flexibility index (Phi) is 4.43. The summed E-state index contributed by atoms with van der Waals surface area (Å²) in [5, 5.41) is 0. The van der Waals surface area contributed by atoms with E-state index in [4.69, 9.17) is 16.3 Å². The van der Waals surface area contributed by atoms with Gasteiger partial charge in [0.25, 0.3) is 0 Å². The third-order valence-corrected chi connectivity index (χ3v) is 2.97. The van der Waals surface area contributed by atoms with Gasteiger partial charge < -0.3 is 4.74 Å². The van der Waals surface area contributed by atoms with Gasteiger partial charge in [-0.1, -0.05) is 55.1 Å². The maximum atomic E-state index is 5.81. The molecule has 0 aromatic heterocycles. The summed E-state index contributed by atoms with van der Waals surface area (Å²) in [5.41, 5.74) is 3.18. The molecule has 0 unspecified atom stereocenters. The highest BCUT2D eigenvalue weighted by Crippen LogP contribution is 2.18. The van der Waals surface area contributed by atoms with E-state index in [2.05, 4.69) is 6.58 Å². The summed E-state index contributed by atoms with van der Waals surface area (Å²) in [7, 11) is 0. The third-order valence-electron chi connectivity index (χ3n) is 2.66. The van der Waals surface area contributed by atoms with Crippen molar-refractivity contribution in [3.63, 3.8) is 0 Å². The van der Waals surface area contributed by atoms with Crippen LogP contribution in [0.15, 0.2) is 61.2 Å². The molecule has 0 fully saturated rings. The van der Waals surface area contributed by atoms with Crippen molar-refractivity contribution in [2.45, 2.75) is 12.5 Å². The van der Waals surface area contributed by atoms with E-state index in [1.807, 2.05) is 54.6 Å². The highest BCUT2D eigenvalue weighted by molar-refractivity contribution is 6.17. The van der Waals surface area contributed by atoms with E-state index in [0.717, 1.165) is 16.7 Å². The average molecular weight is 259 g/mol. The van der Waals surface area contributed by atoms with Crippen molar-refractivity contribution in [2.24, 2.45) is 0 Å². The highest BCUT2D eigenvalue weighted by Gasteiger charge is 2.01. The molecule has 0 bridgehead atoms. The van der Waals surface area contributed by atoms with Gasteiger partial charge in [0.2, 0.25) is 0 Å². The van der Waals surface area contributed by atoms with Gasteiger partial charge in [0, 0.05) is 11.4 Å². The van der Waals surface area contributed by atoms with Crippen LogP contribution in [0.3, 0.4) is 0 Å². The molecule has 0 spiro atoms. The van der Waals surface area contributed by atoms with Crippen molar-refractivity contribution in [3.05, 3.63) is 77.9 Å². The van der Waals surface area contributed by atoms with Crippen LogP contribution < -0.4 is 0 Å². The molecular formula is C16H15ClO. The van der Waals surface area contributed by atoms with Crippen LogP contribution in [0.25, 0.3) is 5.76 Å². The molecule has 0 aliphatic rings. The van der Waals surface area contributed by atoms with E-state index in [9.17, 15) is 0 Å². The quantitative estimate of drug-likeness (QED) is 0.562. The van der Waals surface area contributed by atoms with E-state index in [-0.39, 0.29) is 0 Å². The molecule has 18 heavy (non-hydrogen) atoms. The van der Waals surface area contributed by atoms with Crippen LogP contribution >= 0.6 is 11.6 Å². The van der Waals surface area contributed by atoms with Crippen molar-refractivity contribution in [1.82, 2.24) is 0 Å². The molecule has 2 heteroatoms. The Bertz CT molecular complexity index is 520. The molecule has 0 radical (unpaired) electrons. The molecule has 0 aliphatic carbocycles. The lowest BCUT2D eigenvalue weighted by atomic mass is 10.1. The lowest BCUT2D eigenvalue weighted by Crippen LogP contribution is -1.93. The Morgan fingerprint density at radius 3 is 2.44 bits per heavy atom. The first-order valence-electron chi connectivity index (χ1n) is 5.80. The van der Waals surface area contributed by atoms with Gasteiger partial charge in [-0.15, -0.1) is 11.6 Å². The van der Waals surface area contributed by atoms with Gasteiger partial charge in [-0.2, -0.15) is 0 Å². The Balaban J connectivity index is 1.99. The summed E-state index contributed by atoms with van der Waals surface area (Å²) < 4.78 is 5.68. The first kappa shape index (κ1) is 12.7. The molecule has 0 heterocycles.